The van der Waals surface area contributed by atoms with Crippen LogP contribution in [-0.4, -0.2) is 33.1 Å². The van der Waals surface area contributed by atoms with Crippen molar-refractivity contribution in [2.24, 2.45) is 0 Å². The Balaban J connectivity index is 1.63. The summed E-state index contributed by atoms with van der Waals surface area (Å²) in [6.07, 6.45) is -1.09. The average molecular weight is 487 g/mol. The number of hydrogen-bond acceptors (Lipinski definition) is 5. The summed E-state index contributed by atoms with van der Waals surface area (Å²) in [5.41, 5.74) is 0.795. The zero-order valence-corrected chi connectivity index (χ0v) is 19.6. The summed E-state index contributed by atoms with van der Waals surface area (Å²) in [6.45, 7) is 3.61. The van der Waals surface area contributed by atoms with Crippen LogP contribution in [-0.2, 0) is 14.8 Å². The number of carbonyl (C=O) groups is 1. The average Bonchev–Trinajstić information content (AvgIpc) is 2.78. The third-order valence-electron chi connectivity index (χ3n) is 4.89. The fourth-order valence-corrected chi connectivity index (χ4v) is 5.11. The monoisotopic (exact) mass is 486 g/mol. The number of fused-ring (bicyclic) bond motifs is 1. The van der Waals surface area contributed by atoms with Gasteiger partial charge < -0.3 is 14.8 Å². The molecule has 172 valence electrons. The predicted molar refractivity (Wildman–Crippen MR) is 128 cm³/mol. The molecule has 1 aliphatic heterocycles. The molecule has 0 spiro atoms. The van der Waals surface area contributed by atoms with Crippen LogP contribution in [0.15, 0.2) is 77.7 Å². The number of hydrogen-bond donors (Lipinski definition) is 1. The topological polar surface area (TPSA) is 84.9 Å². The van der Waals surface area contributed by atoms with E-state index in [-0.39, 0.29) is 29.0 Å². The number of sulfonamides is 1. The zero-order chi connectivity index (χ0) is 23.6. The van der Waals surface area contributed by atoms with Crippen molar-refractivity contribution in [2.45, 2.75) is 31.0 Å². The second-order valence-corrected chi connectivity index (χ2v) is 10.1. The quantitative estimate of drug-likeness (QED) is 0.544. The summed E-state index contributed by atoms with van der Waals surface area (Å²) >= 11 is 6.13. The molecular formula is C24H23ClN2O5S. The van der Waals surface area contributed by atoms with Crippen LogP contribution in [0.1, 0.15) is 13.8 Å². The van der Waals surface area contributed by atoms with Crippen LogP contribution >= 0.6 is 11.6 Å². The van der Waals surface area contributed by atoms with E-state index in [0.717, 1.165) is 4.31 Å². The normalized spacial score (nSPS) is 15.5. The third kappa shape index (κ3) is 5.07. The molecule has 0 radical (unpaired) electrons. The molecule has 1 atom stereocenters. The molecule has 3 aromatic rings. The van der Waals surface area contributed by atoms with Gasteiger partial charge in [0.15, 0.2) is 6.10 Å². The first-order valence-corrected chi connectivity index (χ1v) is 12.2. The minimum absolute atomic E-state index is 0.0160. The van der Waals surface area contributed by atoms with Crippen molar-refractivity contribution in [1.29, 1.82) is 0 Å². The Morgan fingerprint density at radius 1 is 1.09 bits per heavy atom. The summed E-state index contributed by atoms with van der Waals surface area (Å²) in [5.74, 6) is 0.383. The van der Waals surface area contributed by atoms with Crippen LogP contribution in [0.5, 0.6) is 11.5 Å². The largest absolute Gasteiger partial charge is 0.491 e. The lowest BCUT2D eigenvalue weighted by atomic mass is 10.2. The molecule has 3 aromatic carbocycles. The number of amides is 1. The molecule has 1 aliphatic rings. The molecule has 9 heteroatoms. The van der Waals surface area contributed by atoms with E-state index in [4.69, 9.17) is 21.1 Å². The summed E-state index contributed by atoms with van der Waals surface area (Å²) in [6, 6.07) is 19.7. The van der Waals surface area contributed by atoms with Gasteiger partial charge in [0.2, 0.25) is 0 Å². The number of rotatable bonds is 6. The van der Waals surface area contributed by atoms with Crippen LogP contribution in [0.3, 0.4) is 0 Å². The molecule has 0 fully saturated rings. The standard InChI is InChI=1S/C24H23ClN2O5S/c1-16(2)31-19-8-6-7-18(14-19)26-24(28)23-15-27(21-13-17(25)11-12-22(21)32-23)33(29,30)20-9-4-3-5-10-20/h3-14,16,23H,15H2,1-2H3,(H,26,28)/t23-/m0/s1. The van der Waals surface area contributed by atoms with E-state index in [1.807, 2.05) is 13.8 Å². The molecule has 1 N–H and O–H groups in total. The fourth-order valence-electron chi connectivity index (χ4n) is 3.45. The summed E-state index contributed by atoms with van der Waals surface area (Å²) in [7, 11) is -3.96. The van der Waals surface area contributed by atoms with Crippen molar-refractivity contribution in [3.8, 4) is 11.5 Å². The first kappa shape index (κ1) is 22.9. The van der Waals surface area contributed by atoms with Crippen LogP contribution in [0.25, 0.3) is 0 Å². The minimum atomic E-state index is -3.96. The zero-order valence-electron chi connectivity index (χ0n) is 18.1. The van der Waals surface area contributed by atoms with Gasteiger partial charge in [-0.05, 0) is 56.3 Å². The van der Waals surface area contributed by atoms with Crippen molar-refractivity contribution in [1.82, 2.24) is 0 Å². The molecule has 1 amide bonds. The number of halogens is 1. The predicted octanol–water partition coefficient (Wildman–Crippen LogP) is 4.72. The van der Waals surface area contributed by atoms with E-state index < -0.39 is 22.0 Å². The SMILES string of the molecule is CC(C)Oc1cccc(NC(=O)[C@@H]2CN(S(=O)(=O)c3ccccc3)c3cc(Cl)ccc3O2)c1. The highest BCUT2D eigenvalue weighted by molar-refractivity contribution is 7.92. The van der Waals surface area contributed by atoms with Crippen molar-refractivity contribution < 1.29 is 22.7 Å². The van der Waals surface area contributed by atoms with Gasteiger partial charge in [0.1, 0.15) is 11.5 Å². The maximum absolute atomic E-state index is 13.4. The van der Waals surface area contributed by atoms with E-state index in [0.29, 0.717) is 16.5 Å². The number of ether oxygens (including phenoxy) is 2. The molecule has 1 heterocycles. The number of carbonyl (C=O) groups excluding carboxylic acids is 1. The van der Waals surface area contributed by atoms with Crippen molar-refractivity contribution in [3.05, 3.63) is 77.8 Å². The van der Waals surface area contributed by atoms with Crippen molar-refractivity contribution >= 4 is 38.9 Å². The third-order valence-corrected chi connectivity index (χ3v) is 6.92. The van der Waals surface area contributed by atoms with Crippen LogP contribution < -0.4 is 19.1 Å². The first-order chi connectivity index (χ1) is 15.7. The Morgan fingerprint density at radius 2 is 1.85 bits per heavy atom. The molecule has 0 bridgehead atoms. The Kier molecular flexibility index (Phi) is 6.49. The van der Waals surface area contributed by atoms with Gasteiger partial charge in [-0.3, -0.25) is 9.10 Å². The van der Waals surface area contributed by atoms with Gasteiger partial charge in [0.25, 0.3) is 15.9 Å². The van der Waals surface area contributed by atoms with Crippen LogP contribution in [0.4, 0.5) is 11.4 Å². The van der Waals surface area contributed by atoms with Gasteiger partial charge in [0.05, 0.1) is 23.2 Å². The number of anilines is 2. The smallest absolute Gasteiger partial charge is 0.267 e. The number of nitrogens with one attached hydrogen (secondary N) is 1. The molecule has 0 unspecified atom stereocenters. The maximum atomic E-state index is 13.4. The molecule has 33 heavy (non-hydrogen) atoms. The van der Waals surface area contributed by atoms with Crippen molar-refractivity contribution in [2.75, 3.05) is 16.2 Å². The summed E-state index contributed by atoms with van der Waals surface area (Å²) in [5, 5.41) is 3.14. The highest BCUT2D eigenvalue weighted by Gasteiger charge is 2.37. The van der Waals surface area contributed by atoms with Gasteiger partial charge in [-0.15, -0.1) is 0 Å². The van der Waals surface area contributed by atoms with Crippen LogP contribution in [0, 0.1) is 0 Å². The lowest BCUT2D eigenvalue weighted by molar-refractivity contribution is -0.122. The van der Waals surface area contributed by atoms with E-state index >= 15 is 0 Å². The van der Waals surface area contributed by atoms with Crippen LogP contribution in [0.2, 0.25) is 5.02 Å². The Morgan fingerprint density at radius 3 is 2.58 bits per heavy atom. The lowest BCUT2D eigenvalue weighted by Gasteiger charge is -2.34. The van der Waals surface area contributed by atoms with Gasteiger partial charge in [0, 0.05) is 16.8 Å². The van der Waals surface area contributed by atoms with E-state index in [2.05, 4.69) is 5.32 Å². The Labute approximate surface area is 197 Å². The lowest BCUT2D eigenvalue weighted by Crippen LogP contribution is -2.48. The summed E-state index contributed by atoms with van der Waals surface area (Å²) in [4.78, 5) is 13.2. The van der Waals surface area contributed by atoms with Gasteiger partial charge >= 0.3 is 0 Å². The number of nitrogens with zero attached hydrogens (tertiary/aromatic N) is 1. The van der Waals surface area contributed by atoms with Gasteiger partial charge in [-0.1, -0.05) is 35.9 Å². The van der Waals surface area contributed by atoms with E-state index in [9.17, 15) is 13.2 Å². The molecule has 0 saturated heterocycles. The number of benzene rings is 3. The summed E-state index contributed by atoms with van der Waals surface area (Å²) < 4.78 is 39.5. The van der Waals surface area contributed by atoms with E-state index in [1.165, 1.54) is 18.2 Å². The molecule has 0 aliphatic carbocycles. The molecule has 4 rings (SSSR count). The van der Waals surface area contributed by atoms with E-state index in [1.54, 1.807) is 54.6 Å². The first-order valence-electron chi connectivity index (χ1n) is 10.4. The minimum Gasteiger partial charge on any atom is -0.491 e. The Bertz CT molecular complexity index is 1260. The maximum Gasteiger partial charge on any atom is 0.267 e. The molecule has 0 aromatic heterocycles. The Hall–Kier alpha value is -3.23. The van der Waals surface area contributed by atoms with Gasteiger partial charge in [-0.2, -0.15) is 0 Å². The second kappa shape index (κ2) is 9.33. The molecule has 7 nitrogen and oxygen atoms in total. The molecule has 0 saturated carbocycles. The second-order valence-electron chi connectivity index (χ2n) is 7.75. The molecular weight excluding hydrogens is 464 g/mol. The fraction of sp³-hybridized carbons (Fsp3) is 0.208. The van der Waals surface area contributed by atoms with Gasteiger partial charge in [-0.25, -0.2) is 8.42 Å². The highest BCUT2D eigenvalue weighted by atomic mass is 35.5. The van der Waals surface area contributed by atoms with Crippen molar-refractivity contribution in [3.63, 3.8) is 0 Å². The highest BCUT2D eigenvalue weighted by Crippen LogP contribution is 2.39.